The van der Waals surface area contributed by atoms with E-state index in [1.165, 1.54) is 19.2 Å². The highest BCUT2D eigenvalue weighted by Gasteiger charge is 2.25. The Bertz CT molecular complexity index is 766. The van der Waals surface area contributed by atoms with Gasteiger partial charge in [0.1, 0.15) is 12.2 Å². The SMILES string of the molecule is COC(=O)CNC(=O)COC(=O)c1ccc(N2CCC[C@@H](C)C2)c([N+](=O)[O-])c1. The van der Waals surface area contributed by atoms with Gasteiger partial charge in [0, 0.05) is 19.2 Å². The number of piperidine rings is 1. The van der Waals surface area contributed by atoms with Crippen molar-refractivity contribution in [3.63, 3.8) is 0 Å². The van der Waals surface area contributed by atoms with E-state index in [9.17, 15) is 24.5 Å². The molecule has 2 rings (SSSR count). The molecule has 0 unspecified atom stereocenters. The predicted octanol–water partition coefficient (Wildman–Crippen LogP) is 1.28. The van der Waals surface area contributed by atoms with Crippen LogP contribution in [-0.2, 0) is 19.1 Å². The summed E-state index contributed by atoms with van der Waals surface area (Å²) in [5.74, 6) is -1.76. The number of methoxy groups -OCH3 is 1. The molecule has 0 aromatic heterocycles. The van der Waals surface area contributed by atoms with Gasteiger partial charge in [-0.1, -0.05) is 6.92 Å². The molecule has 0 bridgehead atoms. The van der Waals surface area contributed by atoms with Crippen molar-refractivity contribution in [1.29, 1.82) is 0 Å². The number of nitro benzene ring substituents is 1. The number of nitrogens with zero attached hydrogens (tertiary/aromatic N) is 2. The van der Waals surface area contributed by atoms with Crippen LogP contribution in [0.15, 0.2) is 18.2 Å². The smallest absolute Gasteiger partial charge is 0.338 e. The van der Waals surface area contributed by atoms with Gasteiger partial charge >= 0.3 is 11.9 Å². The van der Waals surface area contributed by atoms with Gasteiger partial charge in [0.25, 0.3) is 11.6 Å². The number of esters is 2. The maximum absolute atomic E-state index is 12.1. The standard InChI is InChI=1S/C18H23N3O7/c1-12-4-3-7-20(10-12)14-6-5-13(8-15(14)21(25)26)18(24)28-11-16(22)19-9-17(23)27-2/h5-6,8,12H,3-4,7,9-11H2,1-2H3,(H,19,22)/t12-/m1/s1. The van der Waals surface area contributed by atoms with Gasteiger partial charge in [-0.25, -0.2) is 4.79 Å². The van der Waals surface area contributed by atoms with Crippen LogP contribution in [0.1, 0.15) is 30.1 Å². The summed E-state index contributed by atoms with van der Waals surface area (Å²) < 4.78 is 9.22. The second kappa shape index (κ2) is 9.67. The van der Waals surface area contributed by atoms with Crippen molar-refractivity contribution in [3.8, 4) is 0 Å². The Kier molecular flexibility index (Phi) is 7.30. The fourth-order valence-electron chi connectivity index (χ4n) is 2.98. The minimum absolute atomic E-state index is 0.0266. The van der Waals surface area contributed by atoms with Crippen LogP contribution in [0.25, 0.3) is 0 Å². The van der Waals surface area contributed by atoms with Crippen LogP contribution in [0.2, 0.25) is 0 Å². The van der Waals surface area contributed by atoms with Crippen molar-refractivity contribution in [2.75, 3.05) is 38.3 Å². The summed E-state index contributed by atoms with van der Waals surface area (Å²) in [5.41, 5.74) is 0.254. The van der Waals surface area contributed by atoms with E-state index >= 15 is 0 Å². The number of benzene rings is 1. The van der Waals surface area contributed by atoms with Gasteiger partial charge in [-0.05, 0) is 30.9 Å². The molecule has 1 fully saturated rings. The Morgan fingerprint density at radius 2 is 2.11 bits per heavy atom. The molecule has 1 aromatic carbocycles. The molecule has 1 aromatic rings. The summed E-state index contributed by atoms with van der Waals surface area (Å²) in [7, 11) is 1.18. The van der Waals surface area contributed by atoms with Gasteiger partial charge in [-0.3, -0.25) is 19.7 Å². The molecule has 0 saturated carbocycles. The van der Waals surface area contributed by atoms with Crippen LogP contribution in [0.4, 0.5) is 11.4 Å². The molecule has 1 amide bonds. The highest BCUT2D eigenvalue weighted by molar-refractivity contribution is 5.93. The van der Waals surface area contributed by atoms with Gasteiger partial charge in [-0.15, -0.1) is 0 Å². The molecule has 1 aliphatic rings. The number of hydrogen-bond donors (Lipinski definition) is 1. The lowest BCUT2D eigenvalue weighted by Crippen LogP contribution is -2.34. The number of carbonyl (C=O) groups excluding carboxylic acids is 3. The van der Waals surface area contributed by atoms with E-state index in [0.717, 1.165) is 25.5 Å². The van der Waals surface area contributed by atoms with Crippen LogP contribution in [0.5, 0.6) is 0 Å². The maximum Gasteiger partial charge on any atom is 0.338 e. The third-order valence-electron chi connectivity index (χ3n) is 4.40. The van der Waals surface area contributed by atoms with Gasteiger partial charge in [0.15, 0.2) is 6.61 Å². The topological polar surface area (TPSA) is 128 Å². The number of anilines is 1. The fourth-order valence-corrected chi connectivity index (χ4v) is 2.98. The molecule has 0 spiro atoms. The molecule has 0 radical (unpaired) electrons. The van der Waals surface area contributed by atoms with Crippen molar-refractivity contribution in [2.45, 2.75) is 19.8 Å². The highest BCUT2D eigenvalue weighted by Crippen LogP contribution is 2.32. The van der Waals surface area contributed by atoms with Gasteiger partial charge < -0.3 is 19.7 Å². The first-order valence-corrected chi connectivity index (χ1v) is 8.85. The van der Waals surface area contributed by atoms with Crippen LogP contribution in [0.3, 0.4) is 0 Å². The van der Waals surface area contributed by atoms with Crippen molar-refractivity contribution in [2.24, 2.45) is 5.92 Å². The second-order valence-corrected chi connectivity index (χ2v) is 6.58. The van der Waals surface area contributed by atoms with E-state index in [1.807, 2.05) is 4.90 Å². The summed E-state index contributed by atoms with van der Waals surface area (Å²) in [6, 6.07) is 4.13. The number of carbonyl (C=O) groups is 3. The Morgan fingerprint density at radius 3 is 2.75 bits per heavy atom. The summed E-state index contributed by atoms with van der Waals surface area (Å²) >= 11 is 0. The zero-order chi connectivity index (χ0) is 20.7. The monoisotopic (exact) mass is 393 g/mol. The molecule has 28 heavy (non-hydrogen) atoms. The average Bonchev–Trinajstić information content (AvgIpc) is 2.69. The van der Waals surface area contributed by atoms with Crippen LogP contribution < -0.4 is 10.2 Å². The molecule has 1 N–H and O–H groups in total. The molecule has 152 valence electrons. The maximum atomic E-state index is 12.1. The van der Waals surface area contributed by atoms with Crippen LogP contribution in [0, 0.1) is 16.0 Å². The molecule has 1 heterocycles. The summed E-state index contributed by atoms with van der Waals surface area (Å²) in [4.78, 5) is 47.5. The Labute approximate surface area is 161 Å². The third-order valence-corrected chi connectivity index (χ3v) is 4.40. The lowest BCUT2D eigenvalue weighted by molar-refractivity contribution is -0.384. The van der Waals surface area contributed by atoms with Crippen LogP contribution in [-0.4, -0.2) is 56.1 Å². The van der Waals surface area contributed by atoms with Crippen molar-refractivity contribution >= 4 is 29.2 Å². The molecule has 0 aliphatic carbocycles. The van der Waals surface area contributed by atoms with E-state index in [0.29, 0.717) is 18.2 Å². The van der Waals surface area contributed by atoms with E-state index < -0.39 is 29.4 Å². The van der Waals surface area contributed by atoms with E-state index in [2.05, 4.69) is 17.0 Å². The second-order valence-electron chi connectivity index (χ2n) is 6.58. The minimum atomic E-state index is -0.866. The normalized spacial score (nSPS) is 16.2. The fraction of sp³-hybridized carbons (Fsp3) is 0.500. The van der Waals surface area contributed by atoms with Gasteiger partial charge in [-0.2, -0.15) is 0 Å². The zero-order valence-electron chi connectivity index (χ0n) is 15.8. The number of nitrogens with one attached hydrogen (secondary N) is 1. The first-order chi connectivity index (χ1) is 13.3. The van der Waals surface area contributed by atoms with Gasteiger partial charge in [0.05, 0.1) is 17.6 Å². The summed E-state index contributed by atoms with van der Waals surface area (Å²) in [5, 5.41) is 13.7. The van der Waals surface area contributed by atoms with Crippen molar-refractivity contribution < 1.29 is 28.8 Å². The number of nitro groups is 1. The van der Waals surface area contributed by atoms with Gasteiger partial charge in [0.2, 0.25) is 0 Å². The molecular weight excluding hydrogens is 370 g/mol. The summed E-state index contributed by atoms with van der Waals surface area (Å²) in [6.45, 7) is 2.56. The quantitative estimate of drug-likeness (QED) is 0.417. The first kappa shape index (κ1) is 21.1. The average molecular weight is 393 g/mol. The van der Waals surface area contributed by atoms with Crippen LogP contribution >= 0.6 is 0 Å². The lowest BCUT2D eigenvalue weighted by atomic mass is 9.99. The van der Waals surface area contributed by atoms with E-state index in [1.54, 1.807) is 0 Å². The Hall–Kier alpha value is -3.17. The third kappa shape index (κ3) is 5.66. The number of hydrogen-bond acceptors (Lipinski definition) is 8. The molecule has 1 saturated heterocycles. The molecule has 10 heteroatoms. The van der Waals surface area contributed by atoms with E-state index in [-0.39, 0.29) is 17.8 Å². The molecule has 10 nitrogen and oxygen atoms in total. The number of amides is 1. The zero-order valence-corrected chi connectivity index (χ0v) is 15.8. The van der Waals surface area contributed by atoms with Crippen molar-refractivity contribution in [3.05, 3.63) is 33.9 Å². The summed E-state index contributed by atoms with van der Waals surface area (Å²) in [6.07, 6.45) is 2.02. The molecule has 1 aliphatic heterocycles. The number of ether oxygens (including phenoxy) is 2. The number of rotatable bonds is 7. The predicted molar refractivity (Wildman–Crippen MR) is 99.0 cm³/mol. The molecule has 1 atom stereocenters. The minimum Gasteiger partial charge on any atom is -0.468 e. The lowest BCUT2D eigenvalue weighted by Gasteiger charge is -2.32. The first-order valence-electron chi connectivity index (χ1n) is 8.85. The molecular formula is C18H23N3O7. The Balaban J connectivity index is 2.04. The largest absolute Gasteiger partial charge is 0.468 e. The van der Waals surface area contributed by atoms with Crippen molar-refractivity contribution in [1.82, 2.24) is 5.32 Å². The van der Waals surface area contributed by atoms with E-state index in [4.69, 9.17) is 4.74 Å². The Morgan fingerprint density at radius 1 is 1.36 bits per heavy atom. The highest BCUT2D eigenvalue weighted by atomic mass is 16.6.